The first-order chi connectivity index (χ1) is 30.6. The van der Waals surface area contributed by atoms with Gasteiger partial charge in [-0.05, 0) is 87.5 Å². The number of rotatable bonds is 16. The first-order valence-corrected chi connectivity index (χ1v) is 23.2. The summed E-state index contributed by atoms with van der Waals surface area (Å²) in [5.74, 6) is 0.117. The van der Waals surface area contributed by atoms with Crippen molar-refractivity contribution in [1.82, 2.24) is 30.2 Å². The van der Waals surface area contributed by atoms with Gasteiger partial charge >= 0.3 is 0 Å². The Labute approximate surface area is 371 Å². The number of aryl methyl sites for hydroxylation is 1. The van der Waals surface area contributed by atoms with E-state index in [0.29, 0.717) is 10.9 Å². The minimum absolute atomic E-state index is 0.0284. The average molecular weight is 881 g/mol. The molecule has 6 aromatic carbocycles. The van der Waals surface area contributed by atoms with Crippen LogP contribution in [0.5, 0.6) is 0 Å². The molecule has 14 heteroatoms. The molecule has 1 aromatic heterocycles. The van der Waals surface area contributed by atoms with E-state index in [1.807, 2.05) is 140 Å². The van der Waals surface area contributed by atoms with Crippen LogP contribution in [0.25, 0.3) is 16.8 Å². The lowest BCUT2D eigenvalue weighted by atomic mass is 9.91. The van der Waals surface area contributed by atoms with Crippen LogP contribution in [0.2, 0.25) is 0 Å². The number of amides is 1. The Morgan fingerprint density at radius 2 is 1.46 bits per heavy atom. The number of hydrogen-bond donors (Lipinski definition) is 3. The summed E-state index contributed by atoms with van der Waals surface area (Å²) < 4.78 is 44.6. The molecular formula is C49H48N6O6S2. The summed E-state index contributed by atoms with van der Waals surface area (Å²) in [6, 6.07) is 48.4. The number of carbonyl (C=O) groups is 1. The van der Waals surface area contributed by atoms with Crippen molar-refractivity contribution in [3.05, 3.63) is 191 Å². The van der Waals surface area contributed by atoms with Gasteiger partial charge in [0.1, 0.15) is 6.04 Å². The molecule has 0 radical (unpaired) electrons. The van der Waals surface area contributed by atoms with Crippen molar-refractivity contribution >= 4 is 27.7 Å². The highest BCUT2D eigenvalue weighted by molar-refractivity contribution is 7.99. The summed E-state index contributed by atoms with van der Waals surface area (Å²) in [6.45, 7) is 4.16. The number of aromatic nitrogens is 4. The zero-order valence-corrected chi connectivity index (χ0v) is 36.5. The Kier molecular flexibility index (Phi) is 13.9. The molecule has 1 aliphatic rings. The van der Waals surface area contributed by atoms with Gasteiger partial charge in [-0.3, -0.25) is 4.79 Å². The Hall–Kier alpha value is -6.00. The van der Waals surface area contributed by atoms with Crippen molar-refractivity contribution in [1.29, 1.82) is 0 Å². The fourth-order valence-corrected chi connectivity index (χ4v) is 9.73. The Morgan fingerprint density at radius 1 is 0.778 bits per heavy atom. The van der Waals surface area contributed by atoms with Crippen LogP contribution in [-0.4, -0.2) is 57.5 Å². The Balaban J connectivity index is 0.965. The van der Waals surface area contributed by atoms with E-state index in [2.05, 4.69) is 32.5 Å². The van der Waals surface area contributed by atoms with Gasteiger partial charge in [0.05, 0.1) is 29.4 Å². The van der Waals surface area contributed by atoms with Gasteiger partial charge in [0.25, 0.3) is 0 Å². The molecule has 5 atom stereocenters. The number of benzene rings is 6. The molecule has 2 heterocycles. The fourth-order valence-electron chi connectivity index (χ4n) is 7.48. The summed E-state index contributed by atoms with van der Waals surface area (Å²) in [6.07, 6.45) is -0.997. The van der Waals surface area contributed by atoms with Crippen molar-refractivity contribution in [3.8, 4) is 16.8 Å². The maximum atomic E-state index is 13.7. The number of nitrogens with one attached hydrogen (secondary N) is 2. The molecule has 1 saturated heterocycles. The molecule has 12 nitrogen and oxygen atoms in total. The van der Waals surface area contributed by atoms with Gasteiger partial charge in [-0.1, -0.05) is 152 Å². The van der Waals surface area contributed by atoms with E-state index in [1.54, 1.807) is 16.8 Å². The number of thioether (sulfide) groups is 1. The lowest BCUT2D eigenvalue weighted by Gasteiger charge is -2.41. The zero-order valence-electron chi connectivity index (χ0n) is 34.8. The number of sulfonamides is 1. The molecule has 8 rings (SSSR count). The normalized spacial score (nSPS) is 18.1. The smallest absolute Gasteiger partial charge is 0.241 e. The number of para-hydroxylation sites is 1. The molecule has 322 valence electrons. The summed E-state index contributed by atoms with van der Waals surface area (Å²) in [7, 11) is -3.97. The minimum Gasteiger partial charge on any atom is -0.392 e. The monoisotopic (exact) mass is 880 g/mol. The largest absolute Gasteiger partial charge is 0.392 e. The van der Waals surface area contributed by atoms with E-state index in [0.717, 1.165) is 50.2 Å². The maximum absolute atomic E-state index is 13.7. The van der Waals surface area contributed by atoms with E-state index in [9.17, 15) is 18.3 Å². The van der Waals surface area contributed by atoms with Crippen molar-refractivity contribution in [2.24, 2.45) is 5.92 Å². The molecule has 0 spiro atoms. The molecule has 3 N–H and O–H groups in total. The second-order valence-electron chi connectivity index (χ2n) is 15.6. The number of aliphatic hydroxyl groups excluding tert-OH is 1. The first-order valence-electron chi connectivity index (χ1n) is 20.7. The number of aliphatic hydroxyl groups is 1. The summed E-state index contributed by atoms with van der Waals surface area (Å²) in [5.41, 5.74) is 8.06. The lowest BCUT2D eigenvalue weighted by molar-refractivity contribution is -0.268. The SMILES string of the molecule is Cc1ccc(S(=O)(=O)N[C@H](Cc2ccccc2)C(=O)NCc2cccc(-c3ccc([C@H]4O[C@@H](CSc5nnnn5-c5ccccc5)[C@@H](C)[C@@H](c5ccc(CO)cc5)O4)cc3)c2)cc1. The molecule has 63 heavy (non-hydrogen) atoms. The standard InChI is InChI=1S/C49H48N6O6S2/c1-33-16-26-43(27-17-33)63(58,59)52-44(29-35-10-5-3-6-11-35)47(57)50-30-37-12-9-13-41(28-37)38-22-24-40(25-23-38)48-60-45(34(2)46(61-48)39-20-18-36(31-56)19-21-39)32-62-49-51-53-54-55(49)42-14-7-4-8-15-42/h3-28,34,44-46,48,52,56H,29-32H2,1-2H3,(H,50,57)/t34-,44-,45+,46+,48+/m1/s1. The number of nitrogens with zero attached hydrogens (tertiary/aromatic N) is 4. The quantitative estimate of drug-likeness (QED) is 0.0815. The number of hydrogen-bond acceptors (Lipinski definition) is 10. The summed E-state index contributed by atoms with van der Waals surface area (Å²) in [5, 5.41) is 25.8. The van der Waals surface area contributed by atoms with Gasteiger partial charge in [0.2, 0.25) is 21.1 Å². The average Bonchev–Trinajstić information content (AvgIpc) is 3.80. The highest BCUT2D eigenvalue weighted by Gasteiger charge is 2.39. The van der Waals surface area contributed by atoms with Crippen LogP contribution in [0.3, 0.4) is 0 Å². The van der Waals surface area contributed by atoms with Crippen LogP contribution < -0.4 is 10.0 Å². The summed E-state index contributed by atoms with van der Waals surface area (Å²) >= 11 is 1.53. The van der Waals surface area contributed by atoms with Gasteiger partial charge in [0, 0.05) is 23.8 Å². The Morgan fingerprint density at radius 3 is 2.17 bits per heavy atom. The summed E-state index contributed by atoms with van der Waals surface area (Å²) in [4.78, 5) is 13.8. The molecular weight excluding hydrogens is 833 g/mol. The highest BCUT2D eigenvalue weighted by Crippen LogP contribution is 2.43. The third-order valence-corrected chi connectivity index (χ3v) is 13.6. The van der Waals surface area contributed by atoms with Crippen LogP contribution in [0.1, 0.15) is 52.7 Å². The van der Waals surface area contributed by atoms with Gasteiger partial charge in [-0.2, -0.15) is 9.40 Å². The van der Waals surface area contributed by atoms with Crippen molar-refractivity contribution in [3.63, 3.8) is 0 Å². The van der Waals surface area contributed by atoms with Crippen molar-refractivity contribution in [2.45, 2.75) is 68.0 Å². The van der Waals surface area contributed by atoms with E-state index in [-0.39, 0.29) is 42.6 Å². The zero-order chi connectivity index (χ0) is 43.8. The molecule has 7 aromatic rings. The number of ether oxygens (including phenoxy) is 2. The van der Waals surface area contributed by atoms with Crippen LogP contribution in [0.15, 0.2) is 168 Å². The highest BCUT2D eigenvalue weighted by atomic mass is 32.2. The van der Waals surface area contributed by atoms with Gasteiger partial charge in [-0.15, -0.1) is 5.10 Å². The van der Waals surface area contributed by atoms with Gasteiger partial charge < -0.3 is 19.9 Å². The van der Waals surface area contributed by atoms with Gasteiger partial charge in [-0.25, -0.2) is 8.42 Å². The predicted octanol–water partition coefficient (Wildman–Crippen LogP) is 7.92. The molecule has 1 amide bonds. The second kappa shape index (κ2) is 20.0. The molecule has 1 aliphatic heterocycles. The Bertz CT molecular complexity index is 2700. The molecule has 0 saturated carbocycles. The van der Waals surface area contributed by atoms with E-state index < -0.39 is 28.3 Å². The molecule has 1 fully saturated rings. The molecule has 0 unspecified atom stereocenters. The third-order valence-electron chi connectivity index (χ3n) is 11.1. The van der Waals surface area contributed by atoms with Crippen LogP contribution in [-0.2, 0) is 43.9 Å². The van der Waals surface area contributed by atoms with E-state index in [4.69, 9.17) is 9.47 Å². The van der Waals surface area contributed by atoms with Gasteiger partial charge in [0.15, 0.2) is 6.29 Å². The van der Waals surface area contributed by atoms with Crippen LogP contribution in [0.4, 0.5) is 0 Å². The van der Waals surface area contributed by atoms with E-state index in [1.165, 1.54) is 23.9 Å². The lowest BCUT2D eigenvalue weighted by Crippen LogP contribution is -2.47. The maximum Gasteiger partial charge on any atom is 0.241 e. The predicted molar refractivity (Wildman–Crippen MR) is 242 cm³/mol. The van der Waals surface area contributed by atoms with Crippen LogP contribution >= 0.6 is 11.8 Å². The van der Waals surface area contributed by atoms with Crippen molar-refractivity contribution < 1.29 is 27.8 Å². The molecule has 0 bridgehead atoms. The second-order valence-corrected chi connectivity index (χ2v) is 18.3. The number of carbonyl (C=O) groups excluding carboxylic acids is 1. The van der Waals surface area contributed by atoms with Crippen molar-refractivity contribution in [2.75, 3.05) is 5.75 Å². The van der Waals surface area contributed by atoms with E-state index >= 15 is 0 Å². The third kappa shape index (κ3) is 10.8. The van der Waals surface area contributed by atoms with Crippen LogP contribution in [0, 0.1) is 12.8 Å². The molecule has 0 aliphatic carbocycles. The fraction of sp³-hybridized carbons (Fsp3) is 0.224. The first kappa shape index (κ1) is 43.6. The number of tetrazole rings is 1. The topological polar surface area (TPSA) is 158 Å². The minimum atomic E-state index is -3.97.